The Morgan fingerprint density at radius 2 is 1.64 bits per heavy atom. The van der Waals surface area contributed by atoms with Gasteiger partial charge in [-0.25, -0.2) is 0 Å². The van der Waals surface area contributed by atoms with Crippen LogP contribution in [0.4, 0.5) is 5.69 Å². The molecule has 0 radical (unpaired) electrons. The topological polar surface area (TPSA) is 79.3 Å². The van der Waals surface area contributed by atoms with E-state index in [0.717, 1.165) is 16.8 Å². The van der Waals surface area contributed by atoms with Crippen LogP contribution < -0.4 is 14.4 Å². The Labute approximate surface area is 210 Å². The number of ketones is 1. The smallest absolute Gasteiger partial charge is 0.295 e. The Bertz CT molecular complexity index is 1320. The zero-order valence-corrected chi connectivity index (χ0v) is 20.3. The highest BCUT2D eigenvalue weighted by molar-refractivity contribution is 6.46. The molecule has 0 saturated carbocycles. The molecule has 3 aromatic carbocycles. The van der Waals surface area contributed by atoms with Crippen molar-refractivity contribution in [1.29, 1.82) is 0 Å². The van der Waals surface area contributed by atoms with Gasteiger partial charge in [-0.15, -0.1) is 0 Å². The second kappa shape index (κ2) is 9.77. The SMILES string of the molecule is CN(C)c1ccc([C@@H]2/C(=C(\O)c3ccc4c(c3)OCCO4)C(=O)C(=O)N2CCc2ccccc2)cc1. The third kappa shape index (κ3) is 4.40. The molecule has 1 fully saturated rings. The van der Waals surface area contributed by atoms with Crippen LogP contribution in [0.3, 0.4) is 0 Å². The second-order valence-electron chi connectivity index (χ2n) is 9.07. The molecule has 1 amide bonds. The monoisotopic (exact) mass is 484 g/mol. The first-order valence-electron chi connectivity index (χ1n) is 11.9. The number of carbonyl (C=O) groups is 2. The van der Waals surface area contributed by atoms with E-state index in [2.05, 4.69) is 0 Å². The molecule has 2 aliphatic heterocycles. The number of aliphatic hydroxyl groups excluding tert-OH is 1. The Hall–Kier alpha value is -4.26. The average molecular weight is 485 g/mol. The summed E-state index contributed by atoms with van der Waals surface area (Å²) >= 11 is 0. The highest BCUT2D eigenvalue weighted by Crippen LogP contribution is 2.41. The molecule has 7 heteroatoms. The summed E-state index contributed by atoms with van der Waals surface area (Å²) in [6.45, 7) is 1.19. The van der Waals surface area contributed by atoms with Crippen LogP contribution in [0, 0.1) is 0 Å². The summed E-state index contributed by atoms with van der Waals surface area (Å²) in [5.74, 6) is -0.467. The van der Waals surface area contributed by atoms with E-state index in [1.165, 1.54) is 0 Å². The fraction of sp³-hybridized carbons (Fsp3) is 0.241. The van der Waals surface area contributed by atoms with Gasteiger partial charge in [-0.05, 0) is 47.9 Å². The summed E-state index contributed by atoms with van der Waals surface area (Å²) in [6.07, 6.45) is 0.588. The lowest BCUT2D eigenvalue weighted by Gasteiger charge is -2.26. The van der Waals surface area contributed by atoms with Gasteiger partial charge in [0.05, 0.1) is 11.6 Å². The standard InChI is InChI=1S/C29H28N2O5/c1-30(2)22-11-8-20(9-12-22)26-25(27(32)21-10-13-23-24(18-21)36-17-16-35-23)28(33)29(34)31(26)15-14-19-6-4-3-5-7-19/h3-13,18,26,32H,14-17H2,1-2H3/b27-25+/t26-/m1/s1. The van der Waals surface area contributed by atoms with Crippen LogP contribution in [0.5, 0.6) is 11.5 Å². The van der Waals surface area contributed by atoms with Crippen molar-refractivity contribution in [2.45, 2.75) is 12.5 Å². The highest BCUT2D eigenvalue weighted by atomic mass is 16.6. The molecule has 36 heavy (non-hydrogen) atoms. The predicted molar refractivity (Wildman–Crippen MR) is 137 cm³/mol. The Morgan fingerprint density at radius 1 is 0.944 bits per heavy atom. The number of Topliss-reactive ketones (excluding diaryl/α,β-unsaturated/α-hetero) is 1. The molecule has 0 aliphatic carbocycles. The number of ether oxygens (including phenoxy) is 2. The molecule has 2 aliphatic rings. The quantitative estimate of drug-likeness (QED) is 0.321. The largest absolute Gasteiger partial charge is 0.507 e. The number of fused-ring (bicyclic) bond motifs is 1. The van der Waals surface area contributed by atoms with Crippen molar-refractivity contribution in [1.82, 2.24) is 4.90 Å². The van der Waals surface area contributed by atoms with E-state index in [1.54, 1.807) is 23.1 Å². The second-order valence-corrected chi connectivity index (χ2v) is 9.07. The van der Waals surface area contributed by atoms with Crippen molar-refractivity contribution < 1.29 is 24.2 Å². The molecule has 1 saturated heterocycles. The average Bonchev–Trinajstić information content (AvgIpc) is 3.16. The minimum absolute atomic E-state index is 0.0716. The third-order valence-electron chi connectivity index (χ3n) is 6.57. The van der Waals surface area contributed by atoms with E-state index in [4.69, 9.17) is 9.47 Å². The van der Waals surface area contributed by atoms with E-state index >= 15 is 0 Å². The van der Waals surface area contributed by atoms with Gasteiger partial charge in [0.25, 0.3) is 11.7 Å². The summed E-state index contributed by atoms with van der Waals surface area (Å²) in [5, 5.41) is 11.4. The van der Waals surface area contributed by atoms with Crippen molar-refractivity contribution in [3.8, 4) is 11.5 Å². The Balaban J connectivity index is 1.57. The van der Waals surface area contributed by atoms with Gasteiger partial charge < -0.3 is 24.4 Å². The van der Waals surface area contributed by atoms with Gasteiger partial charge in [0.1, 0.15) is 19.0 Å². The number of amides is 1. The first-order chi connectivity index (χ1) is 17.4. The lowest BCUT2D eigenvalue weighted by molar-refractivity contribution is -0.139. The summed E-state index contributed by atoms with van der Waals surface area (Å²) in [5.41, 5.74) is 3.28. The van der Waals surface area contributed by atoms with Gasteiger partial charge in [0, 0.05) is 31.9 Å². The molecule has 184 valence electrons. The highest BCUT2D eigenvalue weighted by Gasteiger charge is 2.45. The summed E-state index contributed by atoms with van der Waals surface area (Å²) < 4.78 is 11.2. The Morgan fingerprint density at radius 3 is 2.33 bits per heavy atom. The maximum Gasteiger partial charge on any atom is 0.295 e. The van der Waals surface area contributed by atoms with Gasteiger partial charge in [-0.2, -0.15) is 0 Å². The first-order valence-corrected chi connectivity index (χ1v) is 11.9. The summed E-state index contributed by atoms with van der Waals surface area (Å²) in [4.78, 5) is 30.1. The lowest BCUT2D eigenvalue weighted by Crippen LogP contribution is -2.31. The van der Waals surface area contributed by atoms with Crippen molar-refractivity contribution >= 4 is 23.1 Å². The molecule has 5 rings (SSSR count). The number of carbonyl (C=O) groups excluding carboxylic acids is 2. The van der Waals surface area contributed by atoms with Gasteiger partial charge in [-0.1, -0.05) is 42.5 Å². The number of hydrogen-bond acceptors (Lipinski definition) is 6. The molecule has 1 N–H and O–H groups in total. The van der Waals surface area contributed by atoms with Crippen LogP contribution in [0.15, 0.2) is 78.4 Å². The molecule has 0 aromatic heterocycles. The van der Waals surface area contributed by atoms with Crippen LogP contribution in [0.1, 0.15) is 22.7 Å². The molecule has 3 aromatic rings. The fourth-order valence-corrected chi connectivity index (χ4v) is 4.65. The Kier molecular flexibility index (Phi) is 6.38. The number of rotatable bonds is 6. The number of likely N-dealkylation sites (tertiary alicyclic amines) is 1. The zero-order chi connectivity index (χ0) is 25.2. The molecule has 0 bridgehead atoms. The number of nitrogens with zero attached hydrogens (tertiary/aromatic N) is 2. The molecule has 7 nitrogen and oxygen atoms in total. The van der Waals surface area contributed by atoms with E-state index in [1.807, 2.05) is 73.6 Å². The van der Waals surface area contributed by atoms with E-state index < -0.39 is 17.7 Å². The molecule has 0 unspecified atom stereocenters. The number of hydrogen-bond donors (Lipinski definition) is 1. The first kappa shape index (κ1) is 23.5. The summed E-state index contributed by atoms with van der Waals surface area (Å²) in [6, 6.07) is 21.8. The van der Waals surface area contributed by atoms with Crippen LogP contribution in [0.2, 0.25) is 0 Å². The van der Waals surface area contributed by atoms with E-state index in [0.29, 0.717) is 43.2 Å². The van der Waals surface area contributed by atoms with Crippen molar-refractivity contribution in [2.24, 2.45) is 0 Å². The van der Waals surface area contributed by atoms with Gasteiger partial charge >= 0.3 is 0 Å². The van der Waals surface area contributed by atoms with Crippen molar-refractivity contribution in [3.63, 3.8) is 0 Å². The number of anilines is 1. The van der Waals surface area contributed by atoms with Crippen molar-refractivity contribution in [2.75, 3.05) is 38.8 Å². The van der Waals surface area contributed by atoms with Crippen molar-refractivity contribution in [3.05, 3.63) is 95.1 Å². The van der Waals surface area contributed by atoms with Crippen LogP contribution in [-0.4, -0.2) is 55.6 Å². The van der Waals surface area contributed by atoms with Crippen LogP contribution in [-0.2, 0) is 16.0 Å². The normalized spacial score (nSPS) is 18.4. The molecular weight excluding hydrogens is 456 g/mol. The van der Waals surface area contributed by atoms with Gasteiger partial charge in [0.2, 0.25) is 0 Å². The maximum atomic E-state index is 13.3. The molecule has 1 atom stereocenters. The lowest BCUT2D eigenvalue weighted by atomic mass is 9.94. The molecular formula is C29H28N2O5. The maximum absolute atomic E-state index is 13.3. The molecule has 0 spiro atoms. The third-order valence-corrected chi connectivity index (χ3v) is 6.57. The minimum atomic E-state index is -0.710. The van der Waals surface area contributed by atoms with Gasteiger partial charge in [0.15, 0.2) is 11.5 Å². The predicted octanol–water partition coefficient (Wildman–Crippen LogP) is 4.19. The molecule has 2 heterocycles. The van der Waals surface area contributed by atoms with E-state index in [9.17, 15) is 14.7 Å². The van der Waals surface area contributed by atoms with Crippen LogP contribution >= 0.6 is 0 Å². The number of aliphatic hydroxyl groups is 1. The van der Waals surface area contributed by atoms with Gasteiger partial charge in [-0.3, -0.25) is 9.59 Å². The minimum Gasteiger partial charge on any atom is -0.507 e. The zero-order valence-electron chi connectivity index (χ0n) is 20.3. The van der Waals surface area contributed by atoms with Crippen LogP contribution in [0.25, 0.3) is 5.76 Å². The summed E-state index contributed by atoms with van der Waals surface area (Å²) in [7, 11) is 3.89. The fourth-order valence-electron chi connectivity index (χ4n) is 4.65. The number of benzene rings is 3. The van der Waals surface area contributed by atoms with E-state index in [-0.39, 0.29) is 11.3 Å².